The summed E-state index contributed by atoms with van der Waals surface area (Å²) in [7, 11) is 1.63. The molecule has 0 radical (unpaired) electrons. The Bertz CT molecular complexity index is 894. The average molecular weight is 446 g/mol. The highest BCUT2D eigenvalue weighted by Crippen LogP contribution is 2.25. The van der Waals surface area contributed by atoms with Crippen LogP contribution in [0.1, 0.15) is 12.5 Å². The van der Waals surface area contributed by atoms with E-state index in [9.17, 15) is 4.79 Å². The number of halogens is 1. The highest BCUT2D eigenvalue weighted by molar-refractivity contribution is 9.10. The highest BCUT2D eigenvalue weighted by atomic mass is 79.9. The molecule has 1 heterocycles. The highest BCUT2D eigenvalue weighted by Gasteiger charge is 2.16. The van der Waals surface area contributed by atoms with Gasteiger partial charge in [-0.1, -0.05) is 52.0 Å². The zero-order valence-corrected chi connectivity index (χ0v) is 17.4. The van der Waals surface area contributed by atoms with Gasteiger partial charge in [-0.2, -0.15) is 0 Å². The van der Waals surface area contributed by atoms with E-state index in [0.29, 0.717) is 6.54 Å². The van der Waals surface area contributed by atoms with E-state index in [1.54, 1.807) is 13.3 Å². The van der Waals surface area contributed by atoms with Gasteiger partial charge < -0.3 is 15.0 Å². The van der Waals surface area contributed by atoms with E-state index in [2.05, 4.69) is 31.2 Å². The van der Waals surface area contributed by atoms with Crippen LogP contribution >= 0.6 is 27.7 Å². The smallest absolute Gasteiger partial charge is 0.233 e. The van der Waals surface area contributed by atoms with E-state index in [-0.39, 0.29) is 11.2 Å². The van der Waals surface area contributed by atoms with E-state index in [0.717, 1.165) is 32.2 Å². The fourth-order valence-electron chi connectivity index (χ4n) is 2.44. The molecule has 3 rings (SSSR count). The number of amides is 1. The van der Waals surface area contributed by atoms with Crippen molar-refractivity contribution in [3.8, 4) is 17.0 Å². The summed E-state index contributed by atoms with van der Waals surface area (Å²) in [5.41, 5.74) is 3.00. The third-order valence-corrected chi connectivity index (χ3v) is 5.52. The number of hydrogen-bond acceptors (Lipinski definition) is 4. The Kier molecular flexibility index (Phi) is 6.58. The third kappa shape index (κ3) is 5.37. The van der Waals surface area contributed by atoms with Crippen molar-refractivity contribution >= 4 is 33.6 Å². The van der Waals surface area contributed by atoms with Gasteiger partial charge in [-0.15, -0.1) is 0 Å². The zero-order chi connectivity index (χ0) is 19.2. The lowest BCUT2D eigenvalue weighted by Gasteiger charge is -2.11. The van der Waals surface area contributed by atoms with Crippen LogP contribution in [0.5, 0.6) is 5.75 Å². The van der Waals surface area contributed by atoms with Crippen LogP contribution in [0.25, 0.3) is 11.3 Å². The van der Waals surface area contributed by atoms with Gasteiger partial charge in [-0.25, -0.2) is 4.98 Å². The topological polar surface area (TPSA) is 67.0 Å². The lowest BCUT2D eigenvalue weighted by molar-refractivity contribution is -0.120. The number of hydrogen-bond donors (Lipinski definition) is 2. The largest absolute Gasteiger partial charge is 0.497 e. The van der Waals surface area contributed by atoms with E-state index < -0.39 is 0 Å². The van der Waals surface area contributed by atoms with Crippen molar-refractivity contribution in [3.63, 3.8) is 0 Å². The lowest BCUT2D eigenvalue weighted by Crippen LogP contribution is -2.30. The second-order valence-corrected chi connectivity index (χ2v) is 8.18. The first-order valence-corrected chi connectivity index (χ1v) is 10.1. The summed E-state index contributed by atoms with van der Waals surface area (Å²) in [4.78, 5) is 20.0. The van der Waals surface area contributed by atoms with Crippen molar-refractivity contribution < 1.29 is 9.53 Å². The van der Waals surface area contributed by atoms with Crippen LogP contribution in [-0.2, 0) is 11.3 Å². The van der Waals surface area contributed by atoms with E-state index in [1.165, 1.54) is 11.8 Å². The van der Waals surface area contributed by atoms with Crippen molar-refractivity contribution in [1.82, 2.24) is 15.3 Å². The maximum absolute atomic E-state index is 12.4. The fraction of sp³-hybridized carbons (Fsp3) is 0.200. The maximum atomic E-state index is 12.4. The average Bonchev–Trinajstić information content (AvgIpc) is 3.15. The van der Waals surface area contributed by atoms with E-state index in [4.69, 9.17) is 4.74 Å². The van der Waals surface area contributed by atoms with Gasteiger partial charge in [-0.3, -0.25) is 4.79 Å². The molecule has 2 aromatic carbocycles. The number of carbonyl (C=O) groups is 1. The summed E-state index contributed by atoms with van der Waals surface area (Å²) in [5, 5.41) is 3.42. The zero-order valence-electron chi connectivity index (χ0n) is 15.0. The molecule has 1 aromatic heterocycles. The minimum atomic E-state index is -0.257. The van der Waals surface area contributed by atoms with Crippen LogP contribution in [-0.4, -0.2) is 28.2 Å². The van der Waals surface area contributed by atoms with Crippen LogP contribution in [0, 0.1) is 0 Å². The SMILES string of the molecule is COc1ccc(CNC(=O)[C@H](C)Sc2ncc(-c3ccc(Br)cc3)[nH]2)cc1. The van der Waals surface area contributed by atoms with E-state index >= 15 is 0 Å². The predicted molar refractivity (Wildman–Crippen MR) is 112 cm³/mol. The van der Waals surface area contributed by atoms with Crippen LogP contribution < -0.4 is 10.1 Å². The normalized spacial score (nSPS) is 11.8. The third-order valence-electron chi connectivity index (χ3n) is 3.99. The van der Waals surface area contributed by atoms with Gasteiger partial charge >= 0.3 is 0 Å². The summed E-state index contributed by atoms with van der Waals surface area (Å²) in [6.45, 7) is 2.35. The van der Waals surface area contributed by atoms with Crippen molar-refractivity contribution in [2.24, 2.45) is 0 Å². The van der Waals surface area contributed by atoms with Crippen molar-refractivity contribution in [2.45, 2.75) is 23.9 Å². The molecule has 2 N–H and O–H groups in total. The van der Waals surface area contributed by atoms with Crippen molar-refractivity contribution in [2.75, 3.05) is 7.11 Å². The van der Waals surface area contributed by atoms with Gasteiger partial charge in [0.1, 0.15) is 5.75 Å². The van der Waals surface area contributed by atoms with Crippen LogP contribution in [0.15, 0.2) is 64.4 Å². The Morgan fingerprint density at radius 2 is 1.93 bits per heavy atom. The van der Waals surface area contributed by atoms with Gasteiger partial charge in [0.05, 0.1) is 24.3 Å². The molecule has 7 heteroatoms. The summed E-state index contributed by atoms with van der Waals surface area (Å²) >= 11 is 4.83. The summed E-state index contributed by atoms with van der Waals surface area (Å²) in [6, 6.07) is 15.6. The lowest BCUT2D eigenvalue weighted by atomic mass is 10.2. The number of ether oxygens (including phenoxy) is 1. The number of aromatic amines is 1. The summed E-state index contributed by atoms with van der Waals surface area (Å²) in [6.07, 6.45) is 1.79. The molecular weight excluding hydrogens is 426 g/mol. The molecule has 27 heavy (non-hydrogen) atoms. The number of H-pyrrole nitrogens is 1. The molecule has 0 saturated carbocycles. The maximum Gasteiger partial charge on any atom is 0.233 e. The van der Waals surface area contributed by atoms with Crippen LogP contribution in [0.3, 0.4) is 0 Å². The summed E-state index contributed by atoms with van der Waals surface area (Å²) < 4.78 is 6.17. The van der Waals surface area contributed by atoms with Gasteiger partial charge in [0, 0.05) is 11.0 Å². The number of nitrogens with one attached hydrogen (secondary N) is 2. The first-order valence-electron chi connectivity index (χ1n) is 8.43. The molecule has 1 atom stereocenters. The molecule has 0 aliphatic carbocycles. The molecular formula is C20H20BrN3O2S. The molecule has 0 fully saturated rings. The number of rotatable bonds is 7. The Hall–Kier alpha value is -2.25. The quantitative estimate of drug-likeness (QED) is 0.519. The molecule has 0 bridgehead atoms. The minimum absolute atomic E-state index is 0.0302. The van der Waals surface area contributed by atoms with Crippen molar-refractivity contribution in [1.29, 1.82) is 0 Å². The predicted octanol–water partition coefficient (Wildman–Crippen LogP) is 4.64. The number of carbonyl (C=O) groups excluding carboxylic acids is 1. The van der Waals surface area contributed by atoms with Gasteiger partial charge in [0.15, 0.2) is 5.16 Å². The van der Waals surface area contributed by atoms with Crippen molar-refractivity contribution in [3.05, 3.63) is 64.8 Å². The Balaban J connectivity index is 1.54. The Morgan fingerprint density at radius 3 is 2.59 bits per heavy atom. The molecule has 0 unspecified atom stereocenters. The monoisotopic (exact) mass is 445 g/mol. The summed E-state index contributed by atoms with van der Waals surface area (Å²) in [5.74, 6) is 0.769. The molecule has 1 amide bonds. The number of imidazole rings is 1. The first-order chi connectivity index (χ1) is 13.0. The molecule has 0 aliphatic heterocycles. The van der Waals surface area contributed by atoms with E-state index in [1.807, 2.05) is 55.5 Å². The number of aromatic nitrogens is 2. The number of benzene rings is 2. The van der Waals surface area contributed by atoms with Gasteiger partial charge in [-0.05, 0) is 42.3 Å². The number of methoxy groups -OCH3 is 1. The molecule has 5 nitrogen and oxygen atoms in total. The molecule has 0 saturated heterocycles. The Morgan fingerprint density at radius 1 is 1.22 bits per heavy atom. The molecule has 0 aliphatic rings. The molecule has 0 spiro atoms. The molecule has 140 valence electrons. The fourth-order valence-corrected chi connectivity index (χ4v) is 3.51. The Labute approximate surface area is 171 Å². The van der Waals surface area contributed by atoms with Crippen LogP contribution in [0.4, 0.5) is 0 Å². The second-order valence-electron chi connectivity index (χ2n) is 5.93. The number of thioether (sulfide) groups is 1. The second kappa shape index (κ2) is 9.10. The number of nitrogens with zero attached hydrogens (tertiary/aromatic N) is 1. The molecule has 3 aromatic rings. The van der Waals surface area contributed by atoms with Gasteiger partial charge in [0.2, 0.25) is 5.91 Å². The standard InChI is InChI=1S/C20H20BrN3O2S/c1-13(19(25)22-11-14-3-9-17(26-2)10-4-14)27-20-23-12-18(24-20)15-5-7-16(21)8-6-15/h3-10,12-13H,11H2,1-2H3,(H,22,25)(H,23,24)/t13-/m0/s1. The first kappa shape index (κ1) is 19.5. The van der Waals surface area contributed by atoms with Gasteiger partial charge in [0.25, 0.3) is 0 Å². The van der Waals surface area contributed by atoms with Crippen LogP contribution in [0.2, 0.25) is 0 Å². The minimum Gasteiger partial charge on any atom is -0.497 e.